The lowest BCUT2D eigenvalue weighted by Crippen LogP contribution is -2.60. The van der Waals surface area contributed by atoms with E-state index in [1.165, 1.54) is 11.8 Å². The molecule has 7 nitrogen and oxygen atoms in total. The zero-order valence-electron chi connectivity index (χ0n) is 11.7. The van der Waals surface area contributed by atoms with Crippen LogP contribution < -0.4 is 17.2 Å². The summed E-state index contributed by atoms with van der Waals surface area (Å²) in [4.78, 5) is 22.5. The maximum absolute atomic E-state index is 11.3. The average Bonchev–Trinajstić information content (AvgIpc) is 2.43. The predicted molar refractivity (Wildman–Crippen MR) is 91.3 cm³/mol. The van der Waals surface area contributed by atoms with Gasteiger partial charge in [-0.1, -0.05) is 0 Å². The van der Waals surface area contributed by atoms with Gasteiger partial charge in [0.15, 0.2) is 0 Å². The number of hydrogen-bond acceptors (Lipinski definition) is 8. The molecule has 0 saturated carbocycles. The van der Waals surface area contributed by atoms with Gasteiger partial charge in [-0.15, -0.1) is 0 Å². The van der Waals surface area contributed by atoms with Crippen molar-refractivity contribution in [1.82, 2.24) is 0 Å². The van der Waals surface area contributed by atoms with E-state index >= 15 is 0 Å². The monoisotopic (exact) mass is 357 g/mol. The summed E-state index contributed by atoms with van der Waals surface area (Å²) in [5.74, 6) is -2.49. The Morgan fingerprint density at radius 2 is 1.71 bits per heavy atom. The molecular formula is C11H23N3O4S3. The van der Waals surface area contributed by atoms with Gasteiger partial charge in [-0.05, 0) is 19.1 Å². The van der Waals surface area contributed by atoms with Crippen molar-refractivity contribution in [2.45, 2.75) is 35.2 Å². The Bertz CT molecular complexity index is 388. The van der Waals surface area contributed by atoms with E-state index in [1.54, 1.807) is 6.26 Å². The molecule has 0 aromatic carbocycles. The molecule has 0 aliphatic rings. The molecule has 0 aliphatic carbocycles. The minimum Gasteiger partial charge on any atom is -0.480 e. The minimum absolute atomic E-state index is 0.0227. The van der Waals surface area contributed by atoms with Gasteiger partial charge in [0.2, 0.25) is 0 Å². The molecule has 0 radical (unpaired) electrons. The highest BCUT2D eigenvalue weighted by molar-refractivity contribution is 7.99. The van der Waals surface area contributed by atoms with Crippen LogP contribution in [0.15, 0.2) is 0 Å². The fourth-order valence-corrected chi connectivity index (χ4v) is 3.66. The van der Waals surface area contributed by atoms with Crippen LogP contribution in [0.2, 0.25) is 0 Å². The molecule has 0 aromatic heterocycles. The summed E-state index contributed by atoms with van der Waals surface area (Å²) >= 11 is 9.20. The van der Waals surface area contributed by atoms with Crippen LogP contribution in [0.4, 0.5) is 0 Å². The highest BCUT2D eigenvalue weighted by Crippen LogP contribution is 2.27. The van der Waals surface area contributed by atoms with Crippen LogP contribution in [0.5, 0.6) is 0 Å². The van der Waals surface area contributed by atoms with Crippen molar-refractivity contribution in [3.63, 3.8) is 0 Å². The summed E-state index contributed by atoms with van der Waals surface area (Å²) in [6, 6.07) is -0.613. The predicted octanol–water partition coefficient (Wildman–Crippen LogP) is -0.751. The Kier molecular flexibility index (Phi) is 8.44. The van der Waals surface area contributed by atoms with Crippen molar-refractivity contribution in [2.24, 2.45) is 17.2 Å². The lowest BCUT2D eigenvalue weighted by Gasteiger charge is -2.34. The highest BCUT2D eigenvalue weighted by Gasteiger charge is 2.43. The maximum Gasteiger partial charge on any atom is 0.325 e. The quantitative estimate of drug-likeness (QED) is 0.252. The molecule has 8 N–H and O–H groups in total. The van der Waals surface area contributed by atoms with E-state index in [9.17, 15) is 14.7 Å². The van der Waals surface area contributed by atoms with E-state index in [4.69, 9.17) is 22.3 Å². The summed E-state index contributed by atoms with van der Waals surface area (Å²) in [5, 5.41) is 17.8. The molecule has 0 aliphatic heterocycles. The lowest BCUT2D eigenvalue weighted by atomic mass is 9.88. The molecule has 0 heterocycles. The Balaban J connectivity index is 4.99. The van der Waals surface area contributed by atoms with E-state index < -0.39 is 34.3 Å². The Hall–Kier alpha value is -0.130. The topological polar surface area (TPSA) is 153 Å². The first-order valence-corrected chi connectivity index (χ1v) is 8.67. The SMILES string of the molecule is CSC(CC(N)CC(N)(CS)C(=O)O)C(N)(CS)C(=O)O. The third-order valence-electron chi connectivity index (χ3n) is 3.37. The second-order valence-corrected chi connectivity index (χ2v) is 6.72. The van der Waals surface area contributed by atoms with Crippen molar-refractivity contribution < 1.29 is 19.8 Å². The van der Waals surface area contributed by atoms with Crippen molar-refractivity contribution in [1.29, 1.82) is 0 Å². The van der Waals surface area contributed by atoms with E-state index in [0.29, 0.717) is 0 Å². The second-order valence-electron chi connectivity index (χ2n) is 5.05. The van der Waals surface area contributed by atoms with Gasteiger partial charge in [0.05, 0.1) is 0 Å². The number of carbonyl (C=O) groups is 2. The number of hydrogen-bond donors (Lipinski definition) is 7. The van der Waals surface area contributed by atoms with Crippen LogP contribution in [-0.4, -0.2) is 62.3 Å². The molecule has 0 fully saturated rings. The molecule has 0 rings (SSSR count). The van der Waals surface area contributed by atoms with Gasteiger partial charge in [0.1, 0.15) is 11.1 Å². The first-order valence-electron chi connectivity index (χ1n) is 6.12. The summed E-state index contributed by atoms with van der Waals surface area (Å²) in [6.07, 6.45) is 1.91. The smallest absolute Gasteiger partial charge is 0.325 e. The molecule has 4 unspecified atom stereocenters. The molecule has 0 amide bonds. The van der Waals surface area contributed by atoms with Crippen molar-refractivity contribution in [3.05, 3.63) is 0 Å². The summed E-state index contributed by atoms with van der Waals surface area (Å²) in [5.41, 5.74) is 14.5. The Labute approximate surface area is 139 Å². The van der Waals surface area contributed by atoms with Crippen LogP contribution in [0, 0.1) is 0 Å². The van der Waals surface area contributed by atoms with Crippen molar-refractivity contribution in [2.75, 3.05) is 17.8 Å². The Morgan fingerprint density at radius 1 is 1.19 bits per heavy atom. The molecule has 0 saturated heterocycles. The molecular weight excluding hydrogens is 334 g/mol. The highest BCUT2D eigenvalue weighted by atomic mass is 32.2. The largest absolute Gasteiger partial charge is 0.480 e. The third kappa shape index (κ3) is 5.22. The first-order chi connectivity index (χ1) is 9.57. The van der Waals surface area contributed by atoms with Gasteiger partial charge >= 0.3 is 11.9 Å². The first kappa shape index (κ1) is 20.9. The maximum atomic E-state index is 11.3. The normalized spacial score (nSPS) is 20.1. The lowest BCUT2D eigenvalue weighted by molar-refractivity contribution is -0.144. The zero-order valence-corrected chi connectivity index (χ0v) is 14.3. The average molecular weight is 358 g/mol. The minimum atomic E-state index is -1.55. The van der Waals surface area contributed by atoms with E-state index in [1.807, 2.05) is 0 Å². The van der Waals surface area contributed by atoms with E-state index in [-0.39, 0.29) is 24.3 Å². The number of thioether (sulfide) groups is 1. The number of aliphatic carboxylic acids is 2. The molecule has 124 valence electrons. The van der Waals surface area contributed by atoms with Crippen LogP contribution in [-0.2, 0) is 9.59 Å². The number of carboxylic acids is 2. The number of nitrogens with two attached hydrogens (primary N) is 3. The molecule has 10 heteroatoms. The van der Waals surface area contributed by atoms with Gasteiger partial charge in [-0.3, -0.25) is 9.59 Å². The zero-order chi connectivity index (χ0) is 16.8. The molecule has 0 aromatic rings. The van der Waals surface area contributed by atoms with Gasteiger partial charge in [0.25, 0.3) is 0 Å². The van der Waals surface area contributed by atoms with Crippen molar-refractivity contribution >= 4 is 49.0 Å². The third-order valence-corrected chi connectivity index (χ3v) is 5.64. The van der Waals surface area contributed by atoms with E-state index in [2.05, 4.69) is 25.3 Å². The van der Waals surface area contributed by atoms with Crippen LogP contribution >= 0.6 is 37.0 Å². The van der Waals surface area contributed by atoms with Gasteiger partial charge in [-0.25, -0.2) is 0 Å². The van der Waals surface area contributed by atoms with Crippen LogP contribution in [0.3, 0.4) is 0 Å². The Morgan fingerprint density at radius 3 is 2.00 bits per heavy atom. The summed E-state index contributed by atoms with van der Waals surface area (Å²) in [7, 11) is 0. The van der Waals surface area contributed by atoms with Gasteiger partial charge in [0, 0.05) is 22.8 Å². The fraction of sp³-hybridized carbons (Fsp3) is 0.818. The summed E-state index contributed by atoms with van der Waals surface area (Å²) in [6.45, 7) is 0. The second kappa shape index (κ2) is 8.49. The number of thiol groups is 2. The standard InChI is InChI=1S/C11H23N3O4S3/c1-21-7(11(14,5-20)9(17)18)2-6(12)3-10(13,4-19)8(15)16/h6-7,19-20H,2-5,12-14H2,1H3,(H,15,16)(H,17,18). The summed E-state index contributed by atoms with van der Waals surface area (Å²) < 4.78 is 0. The molecule has 0 spiro atoms. The van der Waals surface area contributed by atoms with E-state index in [0.717, 1.165) is 0 Å². The number of rotatable bonds is 10. The van der Waals surface area contributed by atoms with Crippen molar-refractivity contribution in [3.8, 4) is 0 Å². The number of carboxylic acid groups (broad SMARTS) is 2. The fourth-order valence-electron chi connectivity index (χ4n) is 1.87. The molecule has 4 atom stereocenters. The van der Waals surface area contributed by atoms with Crippen LogP contribution in [0.25, 0.3) is 0 Å². The van der Waals surface area contributed by atoms with Gasteiger partial charge < -0.3 is 27.4 Å². The van der Waals surface area contributed by atoms with Gasteiger partial charge in [-0.2, -0.15) is 37.0 Å². The molecule has 0 bridgehead atoms. The molecule has 21 heavy (non-hydrogen) atoms. The van der Waals surface area contributed by atoms with Crippen LogP contribution in [0.1, 0.15) is 12.8 Å².